The van der Waals surface area contributed by atoms with E-state index in [-0.39, 0.29) is 5.82 Å². The average Bonchev–Trinajstić information content (AvgIpc) is 2.37. The number of rotatable bonds is 7. The maximum absolute atomic E-state index is 12.8. The summed E-state index contributed by atoms with van der Waals surface area (Å²) in [4.78, 5) is 2.28. The lowest BCUT2D eigenvalue weighted by Crippen LogP contribution is -2.41. The first-order valence-corrected chi connectivity index (χ1v) is 6.67. The molecule has 0 saturated carbocycles. The molecule has 1 aromatic carbocycles. The lowest BCUT2D eigenvalue weighted by atomic mass is 9.99. The van der Waals surface area contributed by atoms with Crippen LogP contribution in [0.1, 0.15) is 25.8 Å². The SMILES string of the molecule is CCC(C)C(CN(C)Cc1ccc(F)cc1)NC. The molecule has 3 heteroatoms. The molecule has 0 spiro atoms. The summed E-state index contributed by atoms with van der Waals surface area (Å²) in [6, 6.07) is 7.24. The molecule has 0 bridgehead atoms. The third-order valence-electron chi connectivity index (χ3n) is 3.58. The van der Waals surface area contributed by atoms with Crippen molar-refractivity contribution in [1.29, 1.82) is 0 Å². The average molecular weight is 252 g/mol. The molecule has 2 atom stereocenters. The van der Waals surface area contributed by atoms with Crippen LogP contribution in [0.5, 0.6) is 0 Å². The van der Waals surface area contributed by atoms with E-state index < -0.39 is 0 Å². The Kier molecular flexibility index (Phi) is 6.30. The van der Waals surface area contributed by atoms with Gasteiger partial charge in [-0.15, -0.1) is 0 Å². The van der Waals surface area contributed by atoms with Crippen molar-refractivity contribution < 1.29 is 4.39 Å². The Labute approximate surface area is 110 Å². The molecular weight excluding hydrogens is 227 g/mol. The van der Waals surface area contributed by atoms with Crippen LogP contribution in [-0.4, -0.2) is 31.6 Å². The molecule has 0 aromatic heterocycles. The molecule has 2 unspecified atom stereocenters. The second-order valence-electron chi connectivity index (χ2n) is 5.10. The van der Waals surface area contributed by atoms with Crippen LogP contribution in [0.2, 0.25) is 0 Å². The molecule has 0 fully saturated rings. The van der Waals surface area contributed by atoms with E-state index in [0.717, 1.165) is 18.7 Å². The summed E-state index contributed by atoms with van der Waals surface area (Å²) in [5, 5.41) is 3.38. The van der Waals surface area contributed by atoms with Gasteiger partial charge >= 0.3 is 0 Å². The van der Waals surface area contributed by atoms with Crippen LogP contribution in [0.3, 0.4) is 0 Å². The molecule has 2 nitrogen and oxygen atoms in total. The van der Waals surface area contributed by atoms with E-state index in [9.17, 15) is 4.39 Å². The Morgan fingerprint density at radius 1 is 1.28 bits per heavy atom. The highest BCUT2D eigenvalue weighted by atomic mass is 19.1. The van der Waals surface area contributed by atoms with Crippen LogP contribution in [0, 0.1) is 11.7 Å². The van der Waals surface area contributed by atoms with E-state index in [4.69, 9.17) is 0 Å². The van der Waals surface area contributed by atoms with Crippen LogP contribution in [0.15, 0.2) is 24.3 Å². The molecule has 102 valence electrons. The molecule has 0 amide bonds. The van der Waals surface area contributed by atoms with E-state index in [1.807, 2.05) is 19.2 Å². The first-order valence-electron chi connectivity index (χ1n) is 6.67. The molecule has 1 rings (SSSR count). The monoisotopic (exact) mass is 252 g/mol. The van der Waals surface area contributed by atoms with E-state index in [0.29, 0.717) is 12.0 Å². The Balaban J connectivity index is 2.49. The van der Waals surface area contributed by atoms with Gasteiger partial charge in [0.15, 0.2) is 0 Å². The lowest BCUT2D eigenvalue weighted by molar-refractivity contribution is 0.246. The predicted octanol–water partition coefficient (Wildman–Crippen LogP) is 2.89. The summed E-state index contributed by atoms with van der Waals surface area (Å²) >= 11 is 0. The first kappa shape index (κ1) is 15.1. The van der Waals surface area contributed by atoms with Crippen LogP contribution in [0.25, 0.3) is 0 Å². The largest absolute Gasteiger partial charge is 0.315 e. The van der Waals surface area contributed by atoms with E-state index in [2.05, 4.69) is 31.1 Å². The van der Waals surface area contributed by atoms with Gasteiger partial charge < -0.3 is 10.2 Å². The summed E-state index contributed by atoms with van der Waals surface area (Å²) in [6.07, 6.45) is 1.18. The number of likely N-dealkylation sites (N-methyl/N-ethyl adjacent to an activating group) is 2. The Morgan fingerprint density at radius 3 is 2.39 bits per heavy atom. The van der Waals surface area contributed by atoms with Gasteiger partial charge in [0.25, 0.3) is 0 Å². The van der Waals surface area contributed by atoms with Gasteiger partial charge in [0.05, 0.1) is 0 Å². The second-order valence-corrected chi connectivity index (χ2v) is 5.10. The van der Waals surface area contributed by atoms with Crippen molar-refractivity contribution in [3.63, 3.8) is 0 Å². The fourth-order valence-electron chi connectivity index (χ4n) is 2.14. The molecule has 0 aliphatic carbocycles. The summed E-state index contributed by atoms with van der Waals surface area (Å²) in [6.45, 7) is 6.35. The molecule has 0 saturated heterocycles. The van der Waals surface area contributed by atoms with Crippen LogP contribution in [0.4, 0.5) is 4.39 Å². The second kappa shape index (κ2) is 7.49. The number of hydrogen-bond donors (Lipinski definition) is 1. The van der Waals surface area contributed by atoms with Crippen LogP contribution >= 0.6 is 0 Å². The Hall–Kier alpha value is -0.930. The summed E-state index contributed by atoms with van der Waals surface area (Å²) in [5.41, 5.74) is 1.15. The molecule has 0 aliphatic rings. The summed E-state index contributed by atoms with van der Waals surface area (Å²) in [7, 11) is 4.12. The van der Waals surface area contributed by atoms with Gasteiger partial charge in [-0.05, 0) is 37.7 Å². The molecule has 0 aliphatic heterocycles. The summed E-state index contributed by atoms with van der Waals surface area (Å²) < 4.78 is 12.8. The highest BCUT2D eigenvalue weighted by molar-refractivity contribution is 5.15. The number of nitrogens with zero attached hydrogens (tertiary/aromatic N) is 1. The Bertz CT molecular complexity index is 337. The zero-order chi connectivity index (χ0) is 13.5. The van der Waals surface area contributed by atoms with E-state index >= 15 is 0 Å². The van der Waals surface area contributed by atoms with Crippen molar-refractivity contribution in [3.05, 3.63) is 35.6 Å². The van der Waals surface area contributed by atoms with Gasteiger partial charge in [0, 0.05) is 19.1 Å². The minimum Gasteiger partial charge on any atom is -0.315 e. The number of hydrogen-bond acceptors (Lipinski definition) is 2. The van der Waals surface area contributed by atoms with Crippen LogP contribution < -0.4 is 5.32 Å². The zero-order valence-corrected chi connectivity index (χ0v) is 11.9. The molecule has 18 heavy (non-hydrogen) atoms. The number of nitrogens with one attached hydrogen (secondary N) is 1. The molecular formula is C15H25FN2. The molecule has 0 heterocycles. The number of benzene rings is 1. The van der Waals surface area contributed by atoms with Crippen molar-refractivity contribution in [2.75, 3.05) is 20.6 Å². The van der Waals surface area contributed by atoms with Crippen molar-refractivity contribution in [3.8, 4) is 0 Å². The van der Waals surface area contributed by atoms with Crippen molar-refractivity contribution in [1.82, 2.24) is 10.2 Å². The fraction of sp³-hybridized carbons (Fsp3) is 0.600. The first-order chi connectivity index (χ1) is 8.56. The topological polar surface area (TPSA) is 15.3 Å². The minimum absolute atomic E-state index is 0.172. The van der Waals surface area contributed by atoms with Crippen molar-refractivity contribution in [2.45, 2.75) is 32.9 Å². The highest BCUT2D eigenvalue weighted by Gasteiger charge is 2.15. The molecule has 1 aromatic rings. The quantitative estimate of drug-likeness (QED) is 0.802. The highest BCUT2D eigenvalue weighted by Crippen LogP contribution is 2.11. The molecule has 0 radical (unpaired) electrons. The summed E-state index contributed by atoms with van der Waals surface area (Å²) in [5.74, 6) is 0.486. The van der Waals surface area contributed by atoms with Gasteiger partial charge in [0.1, 0.15) is 5.82 Å². The van der Waals surface area contributed by atoms with Gasteiger partial charge in [-0.2, -0.15) is 0 Å². The van der Waals surface area contributed by atoms with E-state index in [1.54, 1.807) is 0 Å². The van der Waals surface area contributed by atoms with E-state index in [1.165, 1.54) is 18.6 Å². The van der Waals surface area contributed by atoms with Crippen molar-refractivity contribution in [2.24, 2.45) is 5.92 Å². The third-order valence-corrected chi connectivity index (χ3v) is 3.58. The predicted molar refractivity (Wildman–Crippen MR) is 75.0 cm³/mol. The standard InChI is InChI=1S/C15H25FN2/c1-5-12(2)15(17-3)11-18(4)10-13-6-8-14(16)9-7-13/h6-9,12,15,17H,5,10-11H2,1-4H3. The van der Waals surface area contributed by atoms with Gasteiger partial charge in [-0.3, -0.25) is 0 Å². The maximum Gasteiger partial charge on any atom is 0.123 e. The Morgan fingerprint density at radius 2 is 1.89 bits per heavy atom. The maximum atomic E-state index is 12.8. The smallest absolute Gasteiger partial charge is 0.123 e. The molecule has 1 N–H and O–H groups in total. The third kappa shape index (κ3) is 4.75. The van der Waals surface area contributed by atoms with Crippen LogP contribution in [-0.2, 0) is 6.54 Å². The normalized spacial score (nSPS) is 14.8. The van der Waals surface area contributed by atoms with Gasteiger partial charge in [0.2, 0.25) is 0 Å². The van der Waals surface area contributed by atoms with Gasteiger partial charge in [-0.1, -0.05) is 32.4 Å². The fourth-order valence-corrected chi connectivity index (χ4v) is 2.14. The zero-order valence-electron chi connectivity index (χ0n) is 11.9. The van der Waals surface area contributed by atoms with Crippen molar-refractivity contribution >= 4 is 0 Å². The lowest BCUT2D eigenvalue weighted by Gasteiger charge is -2.28. The van der Waals surface area contributed by atoms with Gasteiger partial charge in [-0.25, -0.2) is 4.39 Å². The minimum atomic E-state index is -0.172. The number of halogens is 1.